The molecule has 0 saturated heterocycles. The molecular formula is C20H19N5O2. The maximum Gasteiger partial charge on any atom is 0.180 e. The number of nitrogens with zero attached hydrogens (tertiary/aromatic N) is 4. The highest BCUT2D eigenvalue weighted by molar-refractivity contribution is 5.72. The summed E-state index contributed by atoms with van der Waals surface area (Å²) in [6.07, 6.45) is 9.06. The van der Waals surface area contributed by atoms with Crippen LogP contribution in [0.25, 0.3) is 16.9 Å². The fraction of sp³-hybridized carbons (Fsp3) is 0.150. The summed E-state index contributed by atoms with van der Waals surface area (Å²) in [4.78, 5) is 13.1. The zero-order chi connectivity index (χ0) is 18.6. The average Bonchev–Trinajstić information content (AvgIpc) is 3.17. The number of imidazole rings is 1. The molecule has 0 unspecified atom stereocenters. The van der Waals surface area contributed by atoms with E-state index < -0.39 is 0 Å². The van der Waals surface area contributed by atoms with E-state index in [-0.39, 0.29) is 0 Å². The van der Waals surface area contributed by atoms with Gasteiger partial charge in [-0.2, -0.15) is 0 Å². The van der Waals surface area contributed by atoms with Gasteiger partial charge in [0.1, 0.15) is 0 Å². The third kappa shape index (κ3) is 3.27. The molecule has 0 aliphatic heterocycles. The highest BCUT2D eigenvalue weighted by Gasteiger charge is 2.12. The van der Waals surface area contributed by atoms with Crippen LogP contribution in [0, 0.1) is 0 Å². The van der Waals surface area contributed by atoms with Crippen molar-refractivity contribution in [2.45, 2.75) is 6.54 Å². The minimum atomic E-state index is 0.624. The molecular weight excluding hydrogens is 342 g/mol. The molecule has 27 heavy (non-hydrogen) atoms. The largest absolute Gasteiger partial charge is 0.493 e. The van der Waals surface area contributed by atoms with Crippen molar-refractivity contribution in [1.29, 1.82) is 0 Å². The predicted molar refractivity (Wildman–Crippen MR) is 103 cm³/mol. The number of aromatic nitrogens is 4. The Bertz CT molecular complexity index is 1060. The summed E-state index contributed by atoms with van der Waals surface area (Å²) in [6.45, 7) is 0.624. The summed E-state index contributed by atoms with van der Waals surface area (Å²) in [6, 6.07) is 9.73. The third-order valence-electron chi connectivity index (χ3n) is 4.29. The number of hydrogen-bond donors (Lipinski definition) is 1. The topological polar surface area (TPSA) is 73.6 Å². The summed E-state index contributed by atoms with van der Waals surface area (Å²) < 4.78 is 12.7. The average molecular weight is 361 g/mol. The van der Waals surface area contributed by atoms with Crippen LogP contribution in [0.15, 0.2) is 61.3 Å². The second kappa shape index (κ2) is 7.33. The molecule has 0 bridgehead atoms. The monoisotopic (exact) mass is 361 g/mol. The molecule has 0 radical (unpaired) electrons. The molecule has 0 fully saturated rings. The Morgan fingerprint density at radius 1 is 1.00 bits per heavy atom. The van der Waals surface area contributed by atoms with E-state index in [1.54, 1.807) is 26.6 Å². The van der Waals surface area contributed by atoms with Crippen LogP contribution in [0.2, 0.25) is 0 Å². The van der Waals surface area contributed by atoms with Crippen LogP contribution in [-0.2, 0) is 6.54 Å². The Hall–Kier alpha value is -3.61. The number of nitrogens with one attached hydrogen (secondary N) is 1. The quantitative estimate of drug-likeness (QED) is 0.567. The van der Waals surface area contributed by atoms with Gasteiger partial charge in [0.25, 0.3) is 0 Å². The van der Waals surface area contributed by atoms with Crippen LogP contribution in [0.4, 0.5) is 5.82 Å². The maximum atomic E-state index is 5.41. The third-order valence-corrected chi connectivity index (χ3v) is 4.29. The van der Waals surface area contributed by atoms with E-state index in [9.17, 15) is 0 Å². The molecule has 4 aromatic rings. The van der Waals surface area contributed by atoms with E-state index in [1.165, 1.54) is 0 Å². The number of benzene rings is 1. The van der Waals surface area contributed by atoms with Gasteiger partial charge in [-0.15, -0.1) is 0 Å². The smallest absolute Gasteiger partial charge is 0.180 e. The summed E-state index contributed by atoms with van der Waals surface area (Å²) >= 11 is 0. The van der Waals surface area contributed by atoms with Crippen LogP contribution < -0.4 is 14.8 Å². The number of anilines is 1. The summed E-state index contributed by atoms with van der Waals surface area (Å²) in [5.41, 5.74) is 3.75. The molecule has 136 valence electrons. The normalized spacial score (nSPS) is 10.7. The van der Waals surface area contributed by atoms with Gasteiger partial charge >= 0.3 is 0 Å². The van der Waals surface area contributed by atoms with Crippen molar-refractivity contribution in [3.05, 3.63) is 66.9 Å². The van der Waals surface area contributed by atoms with E-state index in [2.05, 4.69) is 20.3 Å². The molecule has 7 nitrogen and oxygen atoms in total. The molecule has 3 aromatic heterocycles. The Labute approximate surface area is 156 Å². The summed E-state index contributed by atoms with van der Waals surface area (Å²) in [5, 5.41) is 3.33. The zero-order valence-corrected chi connectivity index (χ0v) is 15.1. The van der Waals surface area contributed by atoms with Crippen LogP contribution >= 0.6 is 0 Å². The molecule has 0 aliphatic rings. The lowest BCUT2D eigenvalue weighted by Gasteiger charge is -2.10. The first-order valence-electron chi connectivity index (χ1n) is 8.47. The van der Waals surface area contributed by atoms with Gasteiger partial charge in [-0.1, -0.05) is 6.07 Å². The number of ether oxygens (including phenoxy) is 2. The molecule has 0 spiro atoms. The van der Waals surface area contributed by atoms with Gasteiger partial charge in [-0.3, -0.25) is 9.38 Å². The van der Waals surface area contributed by atoms with E-state index in [4.69, 9.17) is 9.47 Å². The van der Waals surface area contributed by atoms with E-state index in [1.807, 2.05) is 53.3 Å². The second-order valence-corrected chi connectivity index (χ2v) is 5.90. The van der Waals surface area contributed by atoms with Crippen molar-refractivity contribution in [3.63, 3.8) is 0 Å². The molecule has 0 saturated carbocycles. The SMILES string of the molecule is COc1ccc(-c2cnc3c(NCc4cccnc4)nccn23)cc1OC. The van der Waals surface area contributed by atoms with Gasteiger partial charge in [0.05, 0.1) is 26.1 Å². The zero-order valence-electron chi connectivity index (χ0n) is 15.1. The minimum Gasteiger partial charge on any atom is -0.493 e. The number of fused-ring (bicyclic) bond motifs is 1. The number of methoxy groups -OCH3 is 2. The van der Waals surface area contributed by atoms with Crippen molar-refractivity contribution in [2.24, 2.45) is 0 Å². The highest BCUT2D eigenvalue weighted by atomic mass is 16.5. The Balaban J connectivity index is 1.68. The van der Waals surface area contributed by atoms with Gasteiger partial charge < -0.3 is 14.8 Å². The number of rotatable bonds is 6. The highest BCUT2D eigenvalue weighted by Crippen LogP contribution is 2.33. The van der Waals surface area contributed by atoms with Gasteiger partial charge in [0.15, 0.2) is 23.0 Å². The standard InChI is InChI=1S/C20H19N5O2/c1-26-17-6-5-15(10-18(17)27-2)16-13-24-20-19(22-8-9-25(16)20)23-12-14-4-3-7-21-11-14/h3-11,13H,12H2,1-2H3,(H,22,23). The van der Waals surface area contributed by atoms with Gasteiger partial charge in [-0.25, -0.2) is 9.97 Å². The molecule has 0 atom stereocenters. The summed E-state index contributed by atoms with van der Waals surface area (Å²) in [5.74, 6) is 2.08. The minimum absolute atomic E-state index is 0.624. The van der Waals surface area contributed by atoms with Gasteiger partial charge in [-0.05, 0) is 29.8 Å². The first kappa shape index (κ1) is 16.8. The maximum absolute atomic E-state index is 5.41. The number of pyridine rings is 1. The molecule has 7 heteroatoms. The van der Waals surface area contributed by atoms with Crippen molar-refractivity contribution in [1.82, 2.24) is 19.4 Å². The van der Waals surface area contributed by atoms with Gasteiger partial charge in [0, 0.05) is 36.9 Å². The van der Waals surface area contributed by atoms with Crippen LogP contribution in [0.5, 0.6) is 11.5 Å². The van der Waals surface area contributed by atoms with Crippen LogP contribution in [0.3, 0.4) is 0 Å². The predicted octanol–water partition coefficient (Wildman–Crippen LogP) is 3.42. The van der Waals surface area contributed by atoms with Crippen molar-refractivity contribution in [2.75, 3.05) is 19.5 Å². The Kier molecular flexibility index (Phi) is 4.57. The first-order valence-corrected chi connectivity index (χ1v) is 8.47. The van der Waals surface area contributed by atoms with Crippen molar-refractivity contribution < 1.29 is 9.47 Å². The Morgan fingerprint density at radius 3 is 2.67 bits per heavy atom. The van der Waals surface area contributed by atoms with Crippen molar-refractivity contribution in [3.8, 4) is 22.8 Å². The lowest BCUT2D eigenvalue weighted by molar-refractivity contribution is 0.355. The Morgan fingerprint density at radius 2 is 1.89 bits per heavy atom. The fourth-order valence-electron chi connectivity index (χ4n) is 2.94. The molecule has 0 aliphatic carbocycles. The number of hydrogen-bond acceptors (Lipinski definition) is 6. The lowest BCUT2D eigenvalue weighted by Crippen LogP contribution is -2.04. The first-order chi connectivity index (χ1) is 13.3. The van der Waals surface area contributed by atoms with Crippen LogP contribution in [0.1, 0.15) is 5.56 Å². The van der Waals surface area contributed by atoms with Gasteiger partial charge in [0.2, 0.25) is 0 Å². The van der Waals surface area contributed by atoms with E-state index in [0.717, 1.165) is 22.5 Å². The lowest BCUT2D eigenvalue weighted by atomic mass is 10.1. The van der Waals surface area contributed by atoms with Crippen molar-refractivity contribution >= 4 is 11.5 Å². The van der Waals surface area contributed by atoms with Crippen LogP contribution in [-0.4, -0.2) is 33.6 Å². The molecule has 4 rings (SSSR count). The molecule has 1 N–H and O–H groups in total. The molecule has 3 heterocycles. The van der Waals surface area contributed by atoms with E-state index in [0.29, 0.717) is 23.9 Å². The fourth-order valence-corrected chi connectivity index (χ4v) is 2.94. The van der Waals surface area contributed by atoms with E-state index >= 15 is 0 Å². The molecule has 1 aromatic carbocycles. The summed E-state index contributed by atoms with van der Waals surface area (Å²) in [7, 11) is 3.25. The second-order valence-electron chi connectivity index (χ2n) is 5.90. The molecule has 0 amide bonds.